The first-order chi connectivity index (χ1) is 6.15. The molecule has 1 atom stereocenters. The predicted molar refractivity (Wildman–Crippen MR) is 60.6 cm³/mol. The molecular weight excluding hydrogens is 202 g/mol. The van der Waals surface area contributed by atoms with Gasteiger partial charge in [-0.1, -0.05) is 25.4 Å². The minimum atomic E-state index is 0.410. The van der Waals surface area contributed by atoms with E-state index < -0.39 is 0 Å². The maximum Gasteiger partial charge on any atom is 0.0561 e. The van der Waals surface area contributed by atoms with Crippen molar-refractivity contribution in [3.05, 3.63) is 21.3 Å². The first-order valence-electron chi connectivity index (χ1n) is 4.55. The van der Waals surface area contributed by atoms with Crippen molar-refractivity contribution >= 4 is 22.9 Å². The highest BCUT2D eigenvalue weighted by atomic mass is 35.5. The summed E-state index contributed by atoms with van der Waals surface area (Å²) in [6.07, 6.45) is 1.14. The Labute approximate surface area is 89.1 Å². The minimum Gasteiger partial charge on any atom is -0.312 e. The third kappa shape index (κ3) is 2.97. The fraction of sp³-hybridized carbons (Fsp3) is 0.600. The first kappa shape index (κ1) is 11.0. The van der Waals surface area contributed by atoms with Crippen molar-refractivity contribution in [3.8, 4) is 0 Å². The van der Waals surface area contributed by atoms with Gasteiger partial charge in [0, 0.05) is 10.9 Å². The summed E-state index contributed by atoms with van der Waals surface area (Å²) in [5.74, 6) is 0.690. The van der Waals surface area contributed by atoms with Crippen LogP contribution in [-0.2, 0) is 0 Å². The zero-order valence-electron chi connectivity index (χ0n) is 8.30. The van der Waals surface area contributed by atoms with Crippen molar-refractivity contribution in [2.24, 2.45) is 5.92 Å². The summed E-state index contributed by atoms with van der Waals surface area (Å²) in [6, 6.07) is 2.37. The molecule has 0 saturated heterocycles. The van der Waals surface area contributed by atoms with E-state index in [1.807, 2.05) is 18.5 Å². The molecule has 0 amide bonds. The highest BCUT2D eigenvalue weighted by molar-refractivity contribution is 7.10. The molecule has 0 bridgehead atoms. The number of hydrogen-bond donors (Lipinski definition) is 1. The van der Waals surface area contributed by atoms with Crippen molar-refractivity contribution < 1.29 is 0 Å². The second-order valence-electron chi connectivity index (χ2n) is 3.60. The van der Waals surface area contributed by atoms with Gasteiger partial charge in [-0.3, -0.25) is 0 Å². The maximum atomic E-state index is 6.07. The van der Waals surface area contributed by atoms with Gasteiger partial charge in [0.15, 0.2) is 0 Å². The van der Waals surface area contributed by atoms with Crippen molar-refractivity contribution in [2.45, 2.75) is 26.3 Å². The summed E-state index contributed by atoms with van der Waals surface area (Å²) in [7, 11) is 1.99. The average Bonchev–Trinajstić information content (AvgIpc) is 2.47. The summed E-state index contributed by atoms with van der Waals surface area (Å²) >= 11 is 7.80. The molecule has 3 heteroatoms. The average molecular weight is 218 g/mol. The third-order valence-corrected chi connectivity index (χ3v) is 3.49. The highest BCUT2D eigenvalue weighted by Gasteiger charge is 2.15. The highest BCUT2D eigenvalue weighted by Crippen LogP contribution is 2.31. The molecule has 0 radical (unpaired) electrons. The van der Waals surface area contributed by atoms with Crippen LogP contribution in [0, 0.1) is 5.92 Å². The van der Waals surface area contributed by atoms with Crippen LogP contribution in [0.3, 0.4) is 0 Å². The van der Waals surface area contributed by atoms with E-state index in [2.05, 4.69) is 19.2 Å². The van der Waals surface area contributed by atoms with Gasteiger partial charge in [-0.15, -0.1) is 11.3 Å². The Hall–Kier alpha value is -0.0500. The van der Waals surface area contributed by atoms with E-state index in [1.54, 1.807) is 11.3 Å². The fourth-order valence-electron chi connectivity index (χ4n) is 1.38. The number of halogens is 1. The molecule has 0 fully saturated rings. The number of nitrogens with one attached hydrogen (secondary N) is 1. The van der Waals surface area contributed by atoms with Crippen LogP contribution in [0.15, 0.2) is 11.4 Å². The molecule has 0 spiro atoms. The number of rotatable bonds is 4. The maximum absolute atomic E-state index is 6.07. The zero-order valence-corrected chi connectivity index (χ0v) is 9.88. The van der Waals surface area contributed by atoms with Gasteiger partial charge in [-0.25, -0.2) is 0 Å². The van der Waals surface area contributed by atoms with E-state index in [4.69, 9.17) is 11.6 Å². The molecule has 0 aliphatic heterocycles. The van der Waals surface area contributed by atoms with E-state index in [0.717, 1.165) is 11.4 Å². The van der Waals surface area contributed by atoms with E-state index in [0.29, 0.717) is 12.0 Å². The lowest BCUT2D eigenvalue weighted by Crippen LogP contribution is -2.17. The molecule has 1 aromatic rings. The van der Waals surface area contributed by atoms with Crippen LogP contribution >= 0.6 is 22.9 Å². The standard InChI is InChI=1S/C10H16ClNS/c1-7(2)6-9(12-3)10-8(11)4-5-13-10/h4-5,7,9,12H,6H2,1-3H3. The van der Waals surface area contributed by atoms with Gasteiger partial charge in [-0.05, 0) is 30.8 Å². The lowest BCUT2D eigenvalue weighted by atomic mass is 10.0. The molecule has 0 aliphatic carbocycles. The van der Waals surface area contributed by atoms with Gasteiger partial charge in [0.1, 0.15) is 0 Å². The Kier molecular flexibility index (Phi) is 4.23. The molecular formula is C10H16ClNS. The Bertz CT molecular complexity index is 257. The van der Waals surface area contributed by atoms with E-state index in [1.165, 1.54) is 4.88 Å². The predicted octanol–water partition coefficient (Wildman–Crippen LogP) is 3.71. The van der Waals surface area contributed by atoms with Crippen molar-refractivity contribution in [1.29, 1.82) is 0 Å². The Morgan fingerprint density at radius 1 is 1.54 bits per heavy atom. The molecule has 0 saturated carbocycles. The monoisotopic (exact) mass is 217 g/mol. The summed E-state index contributed by atoms with van der Waals surface area (Å²) in [5, 5.41) is 6.24. The minimum absolute atomic E-state index is 0.410. The molecule has 1 aromatic heterocycles. The normalized spacial score (nSPS) is 13.6. The van der Waals surface area contributed by atoms with Gasteiger partial charge < -0.3 is 5.32 Å². The quantitative estimate of drug-likeness (QED) is 0.811. The van der Waals surface area contributed by atoms with Crippen LogP contribution in [0.1, 0.15) is 31.2 Å². The third-order valence-electron chi connectivity index (χ3n) is 2.02. The smallest absolute Gasteiger partial charge is 0.0561 e. The summed E-state index contributed by atoms with van der Waals surface area (Å²) in [6.45, 7) is 4.46. The summed E-state index contributed by atoms with van der Waals surface area (Å²) < 4.78 is 0. The molecule has 1 nitrogen and oxygen atoms in total. The SMILES string of the molecule is CNC(CC(C)C)c1sccc1Cl. The lowest BCUT2D eigenvalue weighted by Gasteiger charge is -2.17. The molecule has 0 aromatic carbocycles. The van der Waals surface area contributed by atoms with Crippen LogP contribution in [0.25, 0.3) is 0 Å². The largest absolute Gasteiger partial charge is 0.312 e. The second-order valence-corrected chi connectivity index (χ2v) is 4.96. The van der Waals surface area contributed by atoms with Gasteiger partial charge in [-0.2, -0.15) is 0 Å². The molecule has 0 aliphatic rings. The molecule has 74 valence electrons. The van der Waals surface area contributed by atoms with E-state index in [-0.39, 0.29) is 0 Å². The van der Waals surface area contributed by atoms with E-state index in [9.17, 15) is 0 Å². The molecule has 1 heterocycles. The van der Waals surface area contributed by atoms with Gasteiger partial charge in [0.05, 0.1) is 5.02 Å². The number of hydrogen-bond acceptors (Lipinski definition) is 2. The summed E-state index contributed by atoms with van der Waals surface area (Å²) in [5.41, 5.74) is 0. The van der Waals surface area contributed by atoms with Crippen LogP contribution in [0.2, 0.25) is 5.02 Å². The van der Waals surface area contributed by atoms with Gasteiger partial charge in [0.2, 0.25) is 0 Å². The van der Waals surface area contributed by atoms with Crippen LogP contribution in [0.5, 0.6) is 0 Å². The first-order valence-corrected chi connectivity index (χ1v) is 5.81. The van der Waals surface area contributed by atoms with Crippen LogP contribution in [0.4, 0.5) is 0 Å². The van der Waals surface area contributed by atoms with Crippen molar-refractivity contribution in [3.63, 3.8) is 0 Å². The fourth-order valence-corrected chi connectivity index (χ4v) is 2.69. The van der Waals surface area contributed by atoms with Crippen molar-refractivity contribution in [2.75, 3.05) is 7.05 Å². The molecule has 13 heavy (non-hydrogen) atoms. The zero-order chi connectivity index (χ0) is 9.84. The number of thiophene rings is 1. The van der Waals surface area contributed by atoms with Crippen molar-refractivity contribution in [1.82, 2.24) is 5.32 Å². The Morgan fingerprint density at radius 2 is 2.23 bits per heavy atom. The van der Waals surface area contributed by atoms with E-state index >= 15 is 0 Å². The van der Waals surface area contributed by atoms with Crippen LogP contribution in [-0.4, -0.2) is 7.05 Å². The topological polar surface area (TPSA) is 12.0 Å². The Morgan fingerprint density at radius 3 is 2.62 bits per heavy atom. The lowest BCUT2D eigenvalue weighted by molar-refractivity contribution is 0.462. The van der Waals surface area contributed by atoms with Gasteiger partial charge in [0.25, 0.3) is 0 Å². The second kappa shape index (κ2) is 4.99. The van der Waals surface area contributed by atoms with Gasteiger partial charge >= 0.3 is 0 Å². The summed E-state index contributed by atoms with van der Waals surface area (Å²) in [4.78, 5) is 1.26. The molecule has 1 unspecified atom stereocenters. The van der Waals surface area contributed by atoms with Crippen LogP contribution < -0.4 is 5.32 Å². The molecule has 1 rings (SSSR count). The molecule has 1 N–H and O–H groups in total. The Balaban J connectivity index is 2.72.